The van der Waals surface area contributed by atoms with E-state index < -0.39 is 11.6 Å². The maximum Gasteiger partial charge on any atom is 0.352 e. The molecule has 0 aliphatic carbocycles. The number of nitrogens with zero attached hydrogens (tertiary/aromatic N) is 4. The monoisotopic (exact) mass is 299 g/mol. The smallest absolute Gasteiger partial charge is 0.352 e. The molecular weight excluding hydrogens is 286 g/mol. The van der Waals surface area contributed by atoms with E-state index in [9.17, 15) is 9.59 Å². The zero-order chi connectivity index (χ0) is 15.7. The van der Waals surface area contributed by atoms with Gasteiger partial charge in [-0.15, -0.1) is 5.10 Å². The maximum absolute atomic E-state index is 12.5. The van der Waals surface area contributed by atoms with Crippen LogP contribution in [-0.4, -0.2) is 25.2 Å². The first-order valence-electron chi connectivity index (χ1n) is 6.52. The van der Waals surface area contributed by atoms with Gasteiger partial charge in [-0.25, -0.2) is 19.0 Å². The molecule has 3 aromatic rings. The molecule has 0 saturated heterocycles. The highest BCUT2D eigenvalue weighted by Gasteiger charge is 2.20. The maximum atomic E-state index is 12.5. The molecule has 0 atom stereocenters. The second-order valence-electron chi connectivity index (χ2n) is 4.68. The molecule has 0 saturated carbocycles. The molecule has 0 aromatic carbocycles. The van der Waals surface area contributed by atoms with E-state index in [1.165, 1.54) is 10.8 Å². The predicted octanol–water partition coefficient (Wildman–Crippen LogP) is 0.483. The highest BCUT2D eigenvalue weighted by atomic mass is 16.3. The van der Waals surface area contributed by atoms with Crippen LogP contribution in [0.4, 0.5) is 0 Å². The van der Waals surface area contributed by atoms with Gasteiger partial charge in [0.2, 0.25) is 11.7 Å². The van der Waals surface area contributed by atoms with E-state index in [0.29, 0.717) is 11.6 Å². The number of amides is 1. The minimum absolute atomic E-state index is 0.259. The number of rotatable bonds is 4. The normalized spacial score (nSPS) is 10.8. The zero-order valence-electron chi connectivity index (χ0n) is 11.8. The lowest BCUT2D eigenvalue weighted by Crippen LogP contribution is -2.30. The van der Waals surface area contributed by atoms with Gasteiger partial charge < -0.3 is 10.2 Å². The third-order valence-corrected chi connectivity index (χ3v) is 2.99. The van der Waals surface area contributed by atoms with Gasteiger partial charge in [0, 0.05) is 5.69 Å². The molecule has 8 heteroatoms. The summed E-state index contributed by atoms with van der Waals surface area (Å²) in [4.78, 5) is 27.9. The van der Waals surface area contributed by atoms with Gasteiger partial charge in [-0.1, -0.05) is 6.07 Å². The van der Waals surface area contributed by atoms with E-state index in [0.717, 1.165) is 10.4 Å². The fraction of sp³-hybridized carbons (Fsp3) is 0.143. The molecule has 1 amide bonds. The van der Waals surface area contributed by atoms with Crippen molar-refractivity contribution in [2.45, 2.75) is 13.5 Å². The first-order valence-corrected chi connectivity index (χ1v) is 6.52. The van der Waals surface area contributed by atoms with Crippen molar-refractivity contribution in [2.75, 3.05) is 0 Å². The molecule has 0 bridgehead atoms. The number of furan rings is 1. The Morgan fingerprint density at radius 2 is 2.14 bits per heavy atom. The number of pyridine rings is 1. The third-order valence-electron chi connectivity index (χ3n) is 2.99. The molecule has 0 aliphatic heterocycles. The Kier molecular flexibility index (Phi) is 3.34. The minimum atomic E-state index is -0.657. The molecule has 8 nitrogen and oxygen atoms in total. The number of aryl methyl sites for hydroxylation is 1. The van der Waals surface area contributed by atoms with Gasteiger partial charge in [-0.05, 0) is 31.2 Å². The van der Waals surface area contributed by atoms with E-state index in [2.05, 4.69) is 10.1 Å². The van der Waals surface area contributed by atoms with Gasteiger partial charge in [0.25, 0.3) is 0 Å². The molecule has 3 rings (SSSR count). The van der Waals surface area contributed by atoms with Crippen molar-refractivity contribution in [1.82, 2.24) is 19.3 Å². The quantitative estimate of drug-likeness (QED) is 0.753. The average Bonchev–Trinajstić information content (AvgIpc) is 3.07. The lowest BCUT2D eigenvalue weighted by Gasteiger charge is -2.03. The summed E-state index contributed by atoms with van der Waals surface area (Å²) in [6.45, 7) is 1.50. The van der Waals surface area contributed by atoms with Crippen molar-refractivity contribution in [3.05, 3.63) is 52.8 Å². The lowest BCUT2D eigenvalue weighted by atomic mass is 10.3. The largest absolute Gasteiger partial charge is 0.461 e. The van der Waals surface area contributed by atoms with E-state index in [-0.39, 0.29) is 12.4 Å². The number of aromatic nitrogens is 4. The predicted molar refractivity (Wildman–Crippen MR) is 77.3 cm³/mol. The van der Waals surface area contributed by atoms with Crippen molar-refractivity contribution in [3.63, 3.8) is 0 Å². The Morgan fingerprint density at radius 3 is 2.77 bits per heavy atom. The number of carbonyl (C=O) groups excluding carboxylic acids is 1. The highest BCUT2D eigenvalue weighted by Crippen LogP contribution is 2.19. The summed E-state index contributed by atoms with van der Waals surface area (Å²) in [6.07, 6.45) is 1.47. The van der Waals surface area contributed by atoms with Gasteiger partial charge in [-0.2, -0.15) is 0 Å². The summed E-state index contributed by atoms with van der Waals surface area (Å²) < 4.78 is 7.58. The van der Waals surface area contributed by atoms with Gasteiger partial charge in [0.1, 0.15) is 12.4 Å². The molecule has 0 radical (unpaired) electrons. The lowest BCUT2D eigenvalue weighted by molar-refractivity contribution is -0.118. The van der Waals surface area contributed by atoms with Crippen LogP contribution in [0.1, 0.15) is 5.69 Å². The van der Waals surface area contributed by atoms with Gasteiger partial charge in [0.05, 0.1) is 6.26 Å². The summed E-state index contributed by atoms with van der Waals surface area (Å²) in [7, 11) is 0. The molecule has 3 aromatic heterocycles. The van der Waals surface area contributed by atoms with Crippen molar-refractivity contribution < 1.29 is 9.21 Å². The SMILES string of the molecule is Cc1cccc(-n2c(-c3ccco3)nn(CC(N)=O)c2=O)n1. The molecule has 0 spiro atoms. The first kappa shape index (κ1) is 13.8. The molecule has 2 N–H and O–H groups in total. The van der Waals surface area contributed by atoms with Crippen LogP contribution in [-0.2, 0) is 11.3 Å². The Bertz CT molecular complexity index is 876. The number of primary amides is 1. The van der Waals surface area contributed by atoms with Crippen LogP contribution in [0.25, 0.3) is 17.4 Å². The van der Waals surface area contributed by atoms with E-state index in [1.807, 2.05) is 13.0 Å². The van der Waals surface area contributed by atoms with Crippen LogP contribution < -0.4 is 11.4 Å². The molecule has 112 valence electrons. The highest BCUT2D eigenvalue weighted by molar-refractivity contribution is 5.73. The Labute approximate surface area is 124 Å². The second kappa shape index (κ2) is 5.32. The molecule has 0 unspecified atom stereocenters. The average molecular weight is 299 g/mol. The van der Waals surface area contributed by atoms with Gasteiger partial charge >= 0.3 is 5.69 Å². The zero-order valence-corrected chi connectivity index (χ0v) is 11.8. The molecular formula is C14H13N5O3. The number of hydrogen-bond donors (Lipinski definition) is 1. The topological polar surface area (TPSA) is 109 Å². The Morgan fingerprint density at radius 1 is 1.32 bits per heavy atom. The second-order valence-corrected chi connectivity index (χ2v) is 4.68. The van der Waals surface area contributed by atoms with E-state index in [4.69, 9.17) is 10.2 Å². The summed E-state index contributed by atoms with van der Waals surface area (Å²) in [5, 5.41) is 4.13. The third kappa shape index (κ3) is 2.41. The number of carbonyl (C=O) groups is 1. The fourth-order valence-corrected chi connectivity index (χ4v) is 2.08. The van der Waals surface area contributed by atoms with Crippen molar-refractivity contribution in [1.29, 1.82) is 0 Å². The van der Waals surface area contributed by atoms with Crippen molar-refractivity contribution >= 4 is 5.91 Å². The van der Waals surface area contributed by atoms with Crippen LogP contribution in [0.2, 0.25) is 0 Å². The van der Waals surface area contributed by atoms with Gasteiger partial charge in [-0.3, -0.25) is 4.79 Å². The number of hydrogen-bond acceptors (Lipinski definition) is 5. The van der Waals surface area contributed by atoms with Crippen LogP contribution in [0, 0.1) is 6.92 Å². The van der Waals surface area contributed by atoms with Crippen LogP contribution in [0.15, 0.2) is 45.8 Å². The molecule has 0 aliphatic rings. The minimum Gasteiger partial charge on any atom is -0.461 e. The van der Waals surface area contributed by atoms with E-state index >= 15 is 0 Å². The summed E-state index contributed by atoms with van der Waals surface area (Å²) >= 11 is 0. The molecule has 3 heterocycles. The van der Waals surface area contributed by atoms with E-state index in [1.54, 1.807) is 24.3 Å². The van der Waals surface area contributed by atoms with Crippen LogP contribution in [0.5, 0.6) is 0 Å². The van der Waals surface area contributed by atoms with Crippen molar-refractivity contribution in [2.24, 2.45) is 5.73 Å². The Balaban J connectivity index is 2.25. The van der Waals surface area contributed by atoms with Gasteiger partial charge in [0.15, 0.2) is 5.76 Å². The first-order chi connectivity index (χ1) is 10.6. The Hall–Kier alpha value is -3.16. The van der Waals surface area contributed by atoms with Crippen LogP contribution in [0.3, 0.4) is 0 Å². The molecule has 22 heavy (non-hydrogen) atoms. The number of nitrogens with two attached hydrogens (primary N) is 1. The summed E-state index contributed by atoms with van der Waals surface area (Å²) in [6, 6.07) is 8.62. The standard InChI is InChI=1S/C14H13N5O3/c1-9-4-2-6-12(16-9)19-13(10-5-3-7-22-10)17-18(14(19)21)8-11(15)20/h2-7H,8H2,1H3,(H2,15,20). The molecule has 0 fully saturated rings. The van der Waals surface area contributed by atoms with Crippen molar-refractivity contribution in [3.8, 4) is 17.4 Å². The summed E-state index contributed by atoms with van der Waals surface area (Å²) in [5.41, 5.74) is 5.38. The van der Waals surface area contributed by atoms with Crippen LogP contribution >= 0.6 is 0 Å². The fourth-order valence-electron chi connectivity index (χ4n) is 2.08. The summed E-state index contributed by atoms with van der Waals surface area (Å²) in [5.74, 6) is 0.389.